The standard InChI is InChI=1S/C16H13F2N3O2S/c17-11-3-4-14(13(18)8-11)20-15(22)10-24-16-19-5-6-21(16)9-12-2-1-7-23-12/h1-8H,9-10H2,(H,20,22). The molecule has 0 saturated carbocycles. The number of rotatable bonds is 6. The summed E-state index contributed by atoms with van der Waals surface area (Å²) in [5.74, 6) is -1.09. The normalized spacial score (nSPS) is 10.8. The molecule has 0 bridgehead atoms. The molecule has 0 radical (unpaired) electrons. The highest BCUT2D eigenvalue weighted by molar-refractivity contribution is 7.99. The average Bonchev–Trinajstić information content (AvgIpc) is 3.20. The highest BCUT2D eigenvalue weighted by Gasteiger charge is 2.11. The van der Waals surface area contributed by atoms with E-state index in [1.54, 1.807) is 24.7 Å². The van der Waals surface area contributed by atoms with Crippen LogP contribution in [0.25, 0.3) is 0 Å². The van der Waals surface area contributed by atoms with Gasteiger partial charge in [-0.15, -0.1) is 0 Å². The Morgan fingerprint density at radius 2 is 2.21 bits per heavy atom. The Morgan fingerprint density at radius 1 is 1.33 bits per heavy atom. The van der Waals surface area contributed by atoms with Crippen LogP contribution in [0.15, 0.2) is 58.6 Å². The number of carbonyl (C=O) groups excluding carboxylic acids is 1. The van der Waals surface area contributed by atoms with Gasteiger partial charge in [0.2, 0.25) is 5.91 Å². The molecule has 0 aliphatic carbocycles. The molecule has 2 aromatic heterocycles. The molecule has 0 aliphatic heterocycles. The summed E-state index contributed by atoms with van der Waals surface area (Å²) in [5.41, 5.74) is -0.0547. The van der Waals surface area contributed by atoms with Crippen LogP contribution in [-0.4, -0.2) is 21.2 Å². The number of carbonyl (C=O) groups is 1. The maximum absolute atomic E-state index is 13.5. The molecule has 0 aliphatic rings. The first-order chi connectivity index (χ1) is 11.6. The Labute approximate surface area is 140 Å². The van der Waals surface area contributed by atoms with Crippen LogP contribution in [0, 0.1) is 11.6 Å². The molecule has 124 valence electrons. The van der Waals surface area contributed by atoms with Gasteiger partial charge in [-0.2, -0.15) is 0 Å². The Morgan fingerprint density at radius 3 is 2.96 bits per heavy atom. The molecular weight excluding hydrogens is 336 g/mol. The zero-order valence-electron chi connectivity index (χ0n) is 12.4. The molecule has 0 fully saturated rings. The van der Waals surface area contributed by atoms with Gasteiger partial charge in [0.25, 0.3) is 0 Å². The first-order valence-electron chi connectivity index (χ1n) is 7.03. The monoisotopic (exact) mass is 349 g/mol. The number of nitrogens with zero attached hydrogens (tertiary/aromatic N) is 2. The second-order valence-electron chi connectivity index (χ2n) is 4.88. The largest absolute Gasteiger partial charge is 0.467 e. The van der Waals surface area contributed by atoms with Gasteiger partial charge < -0.3 is 14.3 Å². The SMILES string of the molecule is O=C(CSc1nccn1Cc1ccco1)Nc1ccc(F)cc1F. The molecule has 1 amide bonds. The molecule has 3 rings (SSSR count). The van der Waals surface area contributed by atoms with E-state index in [1.165, 1.54) is 17.8 Å². The van der Waals surface area contributed by atoms with Crippen molar-refractivity contribution < 1.29 is 18.0 Å². The van der Waals surface area contributed by atoms with Crippen molar-refractivity contribution >= 4 is 23.4 Å². The lowest BCUT2D eigenvalue weighted by Gasteiger charge is -2.07. The lowest BCUT2D eigenvalue weighted by molar-refractivity contribution is -0.113. The van der Waals surface area contributed by atoms with Crippen molar-refractivity contribution in [2.75, 3.05) is 11.1 Å². The molecule has 5 nitrogen and oxygen atoms in total. The van der Waals surface area contributed by atoms with Crippen LogP contribution in [0.1, 0.15) is 5.76 Å². The van der Waals surface area contributed by atoms with Gasteiger partial charge in [-0.1, -0.05) is 11.8 Å². The Kier molecular flexibility index (Phi) is 4.95. The van der Waals surface area contributed by atoms with E-state index >= 15 is 0 Å². The Balaban J connectivity index is 1.58. The molecule has 1 aromatic carbocycles. The molecule has 2 heterocycles. The summed E-state index contributed by atoms with van der Waals surface area (Å²) in [6.45, 7) is 0.504. The summed E-state index contributed by atoms with van der Waals surface area (Å²) < 4.78 is 33.5. The second kappa shape index (κ2) is 7.31. The smallest absolute Gasteiger partial charge is 0.234 e. The van der Waals surface area contributed by atoms with E-state index < -0.39 is 17.5 Å². The molecule has 1 N–H and O–H groups in total. The van der Waals surface area contributed by atoms with Crippen LogP contribution in [0.3, 0.4) is 0 Å². The van der Waals surface area contributed by atoms with Crippen molar-refractivity contribution in [2.45, 2.75) is 11.7 Å². The minimum absolute atomic E-state index is 0.0476. The summed E-state index contributed by atoms with van der Waals surface area (Å²) in [5, 5.41) is 3.05. The van der Waals surface area contributed by atoms with Gasteiger partial charge in [0.1, 0.15) is 17.4 Å². The van der Waals surface area contributed by atoms with Crippen LogP contribution in [0.4, 0.5) is 14.5 Å². The highest BCUT2D eigenvalue weighted by Crippen LogP contribution is 2.19. The number of thioether (sulfide) groups is 1. The number of benzene rings is 1. The van der Waals surface area contributed by atoms with Gasteiger partial charge in [0.15, 0.2) is 5.16 Å². The van der Waals surface area contributed by atoms with Gasteiger partial charge in [-0.3, -0.25) is 4.79 Å². The van der Waals surface area contributed by atoms with E-state index in [1.807, 2.05) is 10.6 Å². The van der Waals surface area contributed by atoms with E-state index in [0.717, 1.165) is 17.9 Å². The van der Waals surface area contributed by atoms with Crippen molar-refractivity contribution in [3.05, 3.63) is 66.4 Å². The van der Waals surface area contributed by atoms with Crippen molar-refractivity contribution in [1.82, 2.24) is 9.55 Å². The van der Waals surface area contributed by atoms with Gasteiger partial charge in [-0.25, -0.2) is 13.8 Å². The van der Waals surface area contributed by atoms with E-state index in [2.05, 4.69) is 10.3 Å². The van der Waals surface area contributed by atoms with Crippen molar-refractivity contribution in [3.8, 4) is 0 Å². The van der Waals surface area contributed by atoms with E-state index in [9.17, 15) is 13.6 Å². The number of hydrogen-bond acceptors (Lipinski definition) is 4. The van der Waals surface area contributed by atoms with E-state index in [0.29, 0.717) is 11.7 Å². The number of nitrogens with one attached hydrogen (secondary N) is 1. The molecule has 8 heteroatoms. The third-order valence-corrected chi connectivity index (χ3v) is 4.13. The van der Waals surface area contributed by atoms with Crippen LogP contribution in [-0.2, 0) is 11.3 Å². The maximum atomic E-state index is 13.5. The molecule has 0 saturated heterocycles. The van der Waals surface area contributed by atoms with Gasteiger partial charge in [0, 0.05) is 18.5 Å². The van der Waals surface area contributed by atoms with Crippen molar-refractivity contribution in [3.63, 3.8) is 0 Å². The zero-order chi connectivity index (χ0) is 16.9. The molecule has 0 spiro atoms. The summed E-state index contributed by atoms with van der Waals surface area (Å²) in [7, 11) is 0. The van der Waals surface area contributed by atoms with Crippen LogP contribution < -0.4 is 5.32 Å². The third kappa shape index (κ3) is 4.02. The molecule has 3 aromatic rings. The Bertz CT molecular complexity index is 834. The van der Waals surface area contributed by atoms with Gasteiger partial charge >= 0.3 is 0 Å². The van der Waals surface area contributed by atoms with Crippen LogP contribution >= 0.6 is 11.8 Å². The second-order valence-corrected chi connectivity index (χ2v) is 5.82. The third-order valence-electron chi connectivity index (χ3n) is 3.12. The molecule has 24 heavy (non-hydrogen) atoms. The van der Waals surface area contributed by atoms with Crippen LogP contribution in [0.2, 0.25) is 0 Å². The molecular formula is C16H13F2N3O2S. The first kappa shape index (κ1) is 16.3. The topological polar surface area (TPSA) is 60.1 Å². The Hall–Kier alpha value is -2.61. The number of imidazole rings is 1. The minimum Gasteiger partial charge on any atom is -0.467 e. The van der Waals surface area contributed by atoms with E-state index in [4.69, 9.17) is 4.42 Å². The summed E-state index contributed by atoms with van der Waals surface area (Å²) in [6, 6.07) is 6.63. The van der Waals surface area contributed by atoms with Crippen molar-refractivity contribution in [1.29, 1.82) is 0 Å². The number of halogens is 2. The number of anilines is 1. The summed E-state index contributed by atoms with van der Waals surface area (Å²) in [4.78, 5) is 16.1. The fourth-order valence-electron chi connectivity index (χ4n) is 2.03. The average molecular weight is 349 g/mol. The maximum Gasteiger partial charge on any atom is 0.234 e. The summed E-state index contributed by atoms with van der Waals surface area (Å²) >= 11 is 1.21. The fourth-order valence-corrected chi connectivity index (χ4v) is 2.79. The number of amides is 1. The first-order valence-corrected chi connectivity index (χ1v) is 8.01. The molecule has 0 unspecified atom stereocenters. The minimum atomic E-state index is -0.812. The van der Waals surface area contributed by atoms with Gasteiger partial charge in [-0.05, 0) is 24.3 Å². The number of hydrogen-bond donors (Lipinski definition) is 1. The van der Waals surface area contributed by atoms with Crippen molar-refractivity contribution in [2.24, 2.45) is 0 Å². The lowest BCUT2D eigenvalue weighted by Crippen LogP contribution is -2.15. The number of furan rings is 1. The zero-order valence-corrected chi connectivity index (χ0v) is 13.2. The lowest BCUT2D eigenvalue weighted by atomic mass is 10.3. The highest BCUT2D eigenvalue weighted by atomic mass is 32.2. The predicted octanol–water partition coefficient (Wildman–Crippen LogP) is 3.53. The quantitative estimate of drug-likeness (QED) is 0.692. The summed E-state index contributed by atoms with van der Waals surface area (Å²) in [6.07, 6.45) is 5.00. The number of aromatic nitrogens is 2. The fraction of sp³-hybridized carbons (Fsp3) is 0.125. The van der Waals surface area contributed by atoms with E-state index in [-0.39, 0.29) is 11.4 Å². The van der Waals surface area contributed by atoms with Crippen LogP contribution in [0.5, 0.6) is 0 Å². The molecule has 0 atom stereocenters. The predicted molar refractivity (Wildman–Crippen MR) is 85.7 cm³/mol. The van der Waals surface area contributed by atoms with Gasteiger partial charge in [0.05, 0.1) is 24.2 Å².